The highest BCUT2D eigenvalue weighted by Gasteiger charge is 2.16. The van der Waals surface area contributed by atoms with Gasteiger partial charge in [-0.25, -0.2) is 8.78 Å². The number of nitrogen functional groups attached to an aromatic ring is 1. The van der Waals surface area contributed by atoms with E-state index in [2.05, 4.69) is 0 Å². The number of rotatable bonds is 2. The van der Waals surface area contributed by atoms with Crippen molar-refractivity contribution in [3.63, 3.8) is 0 Å². The van der Waals surface area contributed by atoms with Crippen LogP contribution in [0, 0.1) is 0 Å². The largest absolute Gasteiger partial charge is 0.398 e. The molecule has 13 heavy (non-hydrogen) atoms. The van der Waals surface area contributed by atoms with Crippen LogP contribution in [0.4, 0.5) is 14.5 Å². The zero-order valence-corrected chi connectivity index (χ0v) is 6.38. The average molecular weight is 188 g/mol. The number of anilines is 1. The van der Waals surface area contributed by atoms with E-state index in [4.69, 9.17) is 5.73 Å². The van der Waals surface area contributed by atoms with Crippen molar-refractivity contribution in [3.05, 3.63) is 27.7 Å². The van der Waals surface area contributed by atoms with E-state index in [1.54, 1.807) is 0 Å². The van der Waals surface area contributed by atoms with Crippen molar-refractivity contribution in [2.45, 2.75) is 6.43 Å². The van der Waals surface area contributed by atoms with Gasteiger partial charge in [0.05, 0.1) is 5.69 Å². The van der Waals surface area contributed by atoms with Crippen molar-refractivity contribution in [1.82, 2.24) is 4.98 Å². The molecule has 0 radical (unpaired) electrons. The number of H-pyrrole nitrogens is 1. The molecule has 3 N–H and O–H groups in total. The number of alkyl halides is 2. The van der Waals surface area contributed by atoms with Crippen LogP contribution in [-0.4, -0.2) is 11.3 Å². The molecule has 0 unspecified atom stereocenters. The van der Waals surface area contributed by atoms with Crippen LogP contribution in [0.1, 0.15) is 22.5 Å². The van der Waals surface area contributed by atoms with E-state index >= 15 is 0 Å². The van der Waals surface area contributed by atoms with Crippen LogP contribution < -0.4 is 11.3 Å². The molecule has 0 fully saturated rings. The van der Waals surface area contributed by atoms with Crippen LogP contribution in [0.15, 0.2) is 10.9 Å². The fourth-order valence-electron chi connectivity index (χ4n) is 0.899. The van der Waals surface area contributed by atoms with Crippen LogP contribution in [0.3, 0.4) is 0 Å². The van der Waals surface area contributed by atoms with E-state index in [1.807, 2.05) is 4.98 Å². The number of hydrogen-bond acceptors (Lipinski definition) is 3. The van der Waals surface area contributed by atoms with Gasteiger partial charge < -0.3 is 10.7 Å². The summed E-state index contributed by atoms with van der Waals surface area (Å²) in [5, 5.41) is 0. The zero-order valence-electron chi connectivity index (χ0n) is 6.38. The molecule has 70 valence electrons. The summed E-state index contributed by atoms with van der Waals surface area (Å²) in [5.41, 5.74) is 2.82. The highest BCUT2D eigenvalue weighted by atomic mass is 19.3. The van der Waals surface area contributed by atoms with Crippen molar-refractivity contribution >= 4 is 12.0 Å². The Bertz CT molecular complexity index is 387. The van der Waals surface area contributed by atoms with E-state index in [0.717, 1.165) is 6.07 Å². The summed E-state index contributed by atoms with van der Waals surface area (Å²) >= 11 is 0. The maximum absolute atomic E-state index is 12.1. The Kier molecular flexibility index (Phi) is 2.41. The van der Waals surface area contributed by atoms with Gasteiger partial charge >= 0.3 is 0 Å². The highest BCUT2D eigenvalue weighted by Crippen LogP contribution is 2.20. The normalized spacial score (nSPS) is 10.4. The van der Waals surface area contributed by atoms with Crippen molar-refractivity contribution in [3.8, 4) is 0 Å². The quantitative estimate of drug-likeness (QED) is 0.671. The number of aldehydes is 1. The van der Waals surface area contributed by atoms with Gasteiger partial charge in [0.2, 0.25) is 0 Å². The molecule has 0 spiro atoms. The van der Waals surface area contributed by atoms with Crippen molar-refractivity contribution in [2.24, 2.45) is 0 Å². The summed E-state index contributed by atoms with van der Waals surface area (Å²) in [5.74, 6) is 0. The minimum Gasteiger partial charge on any atom is -0.398 e. The van der Waals surface area contributed by atoms with Gasteiger partial charge in [0, 0.05) is 5.69 Å². The highest BCUT2D eigenvalue weighted by molar-refractivity contribution is 5.74. The Labute approximate surface area is 71.4 Å². The first-order valence-corrected chi connectivity index (χ1v) is 3.32. The fraction of sp³-hybridized carbons (Fsp3) is 0.143. The molecule has 0 amide bonds. The van der Waals surface area contributed by atoms with Crippen molar-refractivity contribution in [1.29, 1.82) is 0 Å². The molecule has 0 saturated heterocycles. The number of aromatic nitrogens is 1. The first kappa shape index (κ1) is 9.37. The second-order valence-corrected chi connectivity index (χ2v) is 2.34. The summed E-state index contributed by atoms with van der Waals surface area (Å²) < 4.78 is 24.3. The molecule has 1 aromatic heterocycles. The molecule has 0 aliphatic heterocycles. The Morgan fingerprint density at radius 3 is 2.54 bits per heavy atom. The summed E-state index contributed by atoms with van der Waals surface area (Å²) in [7, 11) is 0. The van der Waals surface area contributed by atoms with E-state index in [1.165, 1.54) is 0 Å². The minimum absolute atomic E-state index is 0.119. The molecule has 6 heteroatoms. The van der Waals surface area contributed by atoms with Gasteiger partial charge in [-0.05, 0) is 6.07 Å². The van der Waals surface area contributed by atoms with Crippen LogP contribution in [-0.2, 0) is 0 Å². The maximum Gasteiger partial charge on any atom is 0.271 e. The van der Waals surface area contributed by atoms with Crippen LogP contribution >= 0.6 is 0 Å². The maximum atomic E-state index is 12.1. The second-order valence-electron chi connectivity index (χ2n) is 2.34. The molecule has 1 heterocycles. The van der Waals surface area contributed by atoms with Crippen LogP contribution in [0.25, 0.3) is 0 Å². The number of aromatic amines is 1. The van der Waals surface area contributed by atoms with Gasteiger partial charge in [-0.15, -0.1) is 0 Å². The fourth-order valence-corrected chi connectivity index (χ4v) is 0.899. The Balaban J connectivity index is 3.40. The minimum atomic E-state index is -2.94. The van der Waals surface area contributed by atoms with E-state index in [9.17, 15) is 18.4 Å². The van der Waals surface area contributed by atoms with E-state index in [0.29, 0.717) is 6.29 Å². The lowest BCUT2D eigenvalue weighted by Gasteiger charge is -2.02. The van der Waals surface area contributed by atoms with Crippen LogP contribution in [0.5, 0.6) is 0 Å². The molecule has 0 atom stereocenters. The lowest BCUT2D eigenvalue weighted by molar-refractivity contribution is 0.111. The molecule has 1 aromatic rings. The number of hydrogen-bond donors (Lipinski definition) is 2. The average Bonchev–Trinajstić information content (AvgIpc) is 2.02. The van der Waals surface area contributed by atoms with Crippen molar-refractivity contribution in [2.75, 3.05) is 5.73 Å². The lowest BCUT2D eigenvalue weighted by atomic mass is 10.2. The predicted octanol–water partition coefficient (Wildman–Crippen LogP) is 0.707. The number of carbonyl (C=O) groups excluding carboxylic acids is 1. The molecule has 1 rings (SSSR count). The van der Waals surface area contributed by atoms with E-state index in [-0.39, 0.29) is 11.4 Å². The first-order chi connectivity index (χ1) is 6.06. The Morgan fingerprint density at radius 1 is 1.54 bits per heavy atom. The Hall–Kier alpha value is -1.72. The number of carbonyl (C=O) groups is 1. The summed E-state index contributed by atoms with van der Waals surface area (Å²) in [6.45, 7) is 0. The standard InChI is InChI=1S/C7H6F2N2O2/c8-6(9)5-4(10)1-3(2-12)11-7(5)13/h1-2,6H,(H3,10,11,13). The summed E-state index contributed by atoms with van der Waals surface area (Å²) in [4.78, 5) is 23.0. The number of nitrogens with one attached hydrogen (secondary N) is 1. The van der Waals surface area contributed by atoms with Gasteiger partial charge in [0.15, 0.2) is 6.29 Å². The SMILES string of the molecule is Nc1cc(C=O)[nH]c(=O)c1C(F)F. The molecule has 0 saturated carbocycles. The molecule has 0 aromatic carbocycles. The van der Waals surface area contributed by atoms with Gasteiger partial charge in [0.1, 0.15) is 5.56 Å². The molecule has 0 aliphatic rings. The topological polar surface area (TPSA) is 76.0 Å². The monoisotopic (exact) mass is 188 g/mol. The van der Waals surface area contributed by atoms with Gasteiger partial charge in [-0.3, -0.25) is 9.59 Å². The van der Waals surface area contributed by atoms with Gasteiger partial charge in [0.25, 0.3) is 12.0 Å². The molecule has 4 nitrogen and oxygen atoms in total. The third-order valence-corrected chi connectivity index (χ3v) is 1.47. The first-order valence-electron chi connectivity index (χ1n) is 3.32. The lowest BCUT2D eigenvalue weighted by Crippen LogP contribution is -2.17. The second kappa shape index (κ2) is 3.34. The van der Waals surface area contributed by atoms with E-state index < -0.39 is 17.5 Å². The Morgan fingerprint density at radius 2 is 2.15 bits per heavy atom. The third-order valence-electron chi connectivity index (χ3n) is 1.47. The zero-order chi connectivity index (χ0) is 10.0. The molecular formula is C7H6F2N2O2. The number of pyridine rings is 1. The molecular weight excluding hydrogens is 182 g/mol. The summed E-state index contributed by atoms with van der Waals surface area (Å²) in [6.07, 6.45) is -2.61. The molecule has 0 aliphatic carbocycles. The van der Waals surface area contributed by atoms with Crippen molar-refractivity contribution < 1.29 is 13.6 Å². The van der Waals surface area contributed by atoms with Gasteiger partial charge in [-0.1, -0.05) is 0 Å². The predicted molar refractivity (Wildman–Crippen MR) is 41.8 cm³/mol. The third kappa shape index (κ3) is 1.71. The smallest absolute Gasteiger partial charge is 0.271 e. The summed E-state index contributed by atoms with van der Waals surface area (Å²) in [6, 6.07) is 0.996. The number of halogens is 2. The number of nitrogens with two attached hydrogens (primary N) is 1. The van der Waals surface area contributed by atoms with Gasteiger partial charge in [-0.2, -0.15) is 0 Å². The van der Waals surface area contributed by atoms with Crippen LogP contribution in [0.2, 0.25) is 0 Å². The molecule has 0 bridgehead atoms.